The van der Waals surface area contributed by atoms with Gasteiger partial charge in [0.1, 0.15) is 6.54 Å². The molecule has 0 unspecified atom stereocenters. The summed E-state index contributed by atoms with van der Waals surface area (Å²) in [5.41, 5.74) is 0. The molecule has 20 heavy (non-hydrogen) atoms. The highest BCUT2D eigenvalue weighted by Gasteiger charge is 2.33. The van der Waals surface area contributed by atoms with Gasteiger partial charge in [-0.1, -0.05) is 15.9 Å². The molecule has 0 heterocycles. The highest BCUT2D eigenvalue weighted by atomic mass is 79.9. The second-order valence-electron chi connectivity index (χ2n) is 4.70. The van der Waals surface area contributed by atoms with Gasteiger partial charge in [0, 0.05) is 27.6 Å². The van der Waals surface area contributed by atoms with Crippen LogP contribution in [0.1, 0.15) is 19.3 Å². The maximum absolute atomic E-state index is 12.0. The highest BCUT2D eigenvalue weighted by Crippen LogP contribution is 2.28. The monoisotopic (exact) mass is 357 g/mol. The Labute approximate surface area is 130 Å². The molecule has 0 atom stereocenters. The minimum Gasteiger partial charge on any atom is -0.480 e. The first kappa shape index (κ1) is 15.4. The molecule has 0 aromatic heterocycles. The molecule has 1 aromatic rings. The molecule has 1 fully saturated rings. The van der Waals surface area contributed by atoms with Crippen LogP contribution in [-0.2, 0) is 9.59 Å². The molecule has 0 saturated heterocycles. The number of hydrogen-bond donors (Lipinski definition) is 1. The lowest BCUT2D eigenvalue weighted by atomic mass is 10.3. The standard InChI is InChI=1S/C14H16BrNO3S/c15-10-1-5-12(6-2-10)20-8-7-13(17)16(9-14(18)19)11-3-4-11/h1-2,5-6,11H,3-4,7-9H2,(H,18,19). The predicted octanol–water partition coefficient (Wildman–Crippen LogP) is 3.01. The first-order valence-corrected chi connectivity index (χ1v) is 8.24. The molecule has 1 aliphatic carbocycles. The number of carbonyl (C=O) groups is 2. The quantitative estimate of drug-likeness (QED) is 0.762. The fourth-order valence-corrected chi connectivity index (χ4v) is 2.99. The third-order valence-corrected chi connectivity index (χ3v) is 4.55. The van der Waals surface area contributed by atoms with E-state index in [1.807, 2.05) is 24.3 Å². The van der Waals surface area contributed by atoms with Gasteiger partial charge in [0.2, 0.25) is 5.91 Å². The van der Waals surface area contributed by atoms with Crippen molar-refractivity contribution in [1.82, 2.24) is 4.90 Å². The molecule has 4 nitrogen and oxygen atoms in total. The number of carboxylic acids is 1. The Morgan fingerprint density at radius 1 is 1.30 bits per heavy atom. The van der Waals surface area contributed by atoms with Crippen molar-refractivity contribution in [2.75, 3.05) is 12.3 Å². The number of rotatable bonds is 7. The van der Waals surface area contributed by atoms with E-state index >= 15 is 0 Å². The summed E-state index contributed by atoms with van der Waals surface area (Å²) < 4.78 is 1.03. The van der Waals surface area contributed by atoms with Gasteiger partial charge >= 0.3 is 5.97 Å². The Morgan fingerprint density at radius 3 is 2.50 bits per heavy atom. The number of halogens is 1. The molecule has 0 aliphatic heterocycles. The van der Waals surface area contributed by atoms with Crippen LogP contribution in [0.5, 0.6) is 0 Å². The van der Waals surface area contributed by atoms with Crippen molar-refractivity contribution in [3.63, 3.8) is 0 Å². The fraction of sp³-hybridized carbons (Fsp3) is 0.429. The van der Waals surface area contributed by atoms with Crippen LogP contribution in [0.15, 0.2) is 33.6 Å². The van der Waals surface area contributed by atoms with Crippen molar-refractivity contribution in [3.05, 3.63) is 28.7 Å². The molecule has 1 amide bonds. The summed E-state index contributed by atoms with van der Waals surface area (Å²) in [5.74, 6) is -0.325. The number of carboxylic acid groups (broad SMARTS) is 1. The van der Waals surface area contributed by atoms with Gasteiger partial charge in [-0.15, -0.1) is 11.8 Å². The summed E-state index contributed by atoms with van der Waals surface area (Å²) in [5, 5.41) is 8.84. The Bertz CT molecular complexity index is 488. The fourth-order valence-electron chi connectivity index (χ4n) is 1.88. The van der Waals surface area contributed by atoms with Crippen LogP contribution < -0.4 is 0 Å². The number of thioether (sulfide) groups is 1. The van der Waals surface area contributed by atoms with E-state index in [0.29, 0.717) is 12.2 Å². The number of hydrogen-bond acceptors (Lipinski definition) is 3. The van der Waals surface area contributed by atoms with E-state index in [1.165, 1.54) is 4.90 Å². The second-order valence-corrected chi connectivity index (χ2v) is 6.78. The van der Waals surface area contributed by atoms with E-state index in [-0.39, 0.29) is 18.5 Å². The zero-order chi connectivity index (χ0) is 14.5. The number of nitrogens with zero attached hydrogens (tertiary/aromatic N) is 1. The van der Waals surface area contributed by atoms with Gasteiger partial charge in [0.15, 0.2) is 0 Å². The Morgan fingerprint density at radius 2 is 1.95 bits per heavy atom. The van der Waals surface area contributed by atoms with Gasteiger partial charge in [-0.3, -0.25) is 9.59 Å². The van der Waals surface area contributed by atoms with Crippen molar-refractivity contribution < 1.29 is 14.7 Å². The molecule has 108 valence electrons. The van der Waals surface area contributed by atoms with E-state index in [4.69, 9.17) is 5.11 Å². The van der Waals surface area contributed by atoms with Crippen molar-refractivity contribution in [3.8, 4) is 0 Å². The maximum Gasteiger partial charge on any atom is 0.323 e. The van der Waals surface area contributed by atoms with E-state index in [1.54, 1.807) is 11.8 Å². The Kier molecular flexibility index (Phi) is 5.48. The van der Waals surface area contributed by atoms with Crippen LogP contribution in [0.25, 0.3) is 0 Å². The van der Waals surface area contributed by atoms with Crippen LogP contribution in [0.3, 0.4) is 0 Å². The molecule has 0 radical (unpaired) electrons. The summed E-state index contributed by atoms with van der Waals surface area (Å²) in [6.07, 6.45) is 2.24. The summed E-state index contributed by atoms with van der Waals surface area (Å²) in [6.45, 7) is -0.174. The lowest BCUT2D eigenvalue weighted by Gasteiger charge is -2.20. The van der Waals surface area contributed by atoms with Gasteiger partial charge in [-0.2, -0.15) is 0 Å². The normalized spacial score (nSPS) is 14.1. The second kappa shape index (κ2) is 7.13. The lowest BCUT2D eigenvalue weighted by Crippen LogP contribution is -2.37. The molecule has 1 N–H and O–H groups in total. The molecule has 2 rings (SSSR count). The lowest BCUT2D eigenvalue weighted by molar-refractivity contribution is -0.144. The molecular formula is C14H16BrNO3S. The predicted molar refractivity (Wildman–Crippen MR) is 81.9 cm³/mol. The summed E-state index contributed by atoms with van der Waals surface area (Å²) in [4.78, 5) is 25.4. The van der Waals surface area contributed by atoms with Crippen LogP contribution >= 0.6 is 27.7 Å². The van der Waals surface area contributed by atoms with Crippen LogP contribution in [0.2, 0.25) is 0 Å². The van der Waals surface area contributed by atoms with Crippen LogP contribution in [0.4, 0.5) is 0 Å². The van der Waals surface area contributed by atoms with E-state index in [9.17, 15) is 9.59 Å². The average Bonchev–Trinajstić information content (AvgIpc) is 3.22. The molecule has 1 aromatic carbocycles. The first-order valence-electron chi connectivity index (χ1n) is 6.46. The summed E-state index contributed by atoms with van der Waals surface area (Å²) >= 11 is 4.99. The summed E-state index contributed by atoms with van der Waals surface area (Å²) in [7, 11) is 0. The summed E-state index contributed by atoms with van der Waals surface area (Å²) in [6, 6.07) is 8.07. The minimum atomic E-state index is -0.939. The average molecular weight is 358 g/mol. The van der Waals surface area contributed by atoms with Crippen molar-refractivity contribution >= 4 is 39.6 Å². The molecule has 6 heteroatoms. The van der Waals surface area contributed by atoms with Gasteiger partial charge in [-0.05, 0) is 37.1 Å². The highest BCUT2D eigenvalue weighted by molar-refractivity contribution is 9.10. The largest absolute Gasteiger partial charge is 0.480 e. The third kappa shape index (κ3) is 4.83. The van der Waals surface area contributed by atoms with E-state index in [0.717, 1.165) is 22.2 Å². The zero-order valence-corrected chi connectivity index (χ0v) is 13.3. The number of aliphatic carboxylic acids is 1. The maximum atomic E-state index is 12.0. The molecule has 0 bridgehead atoms. The number of amides is 1. The van der Waals surface area contributed by atoms with Gasteiger partial charge in [0.05, 0.1) is 0 Å². The van der Waals surface area contributed by atoms with Gasteiger partial charge < -0.3 is 10.0 Å². The molecular weight excluding hydrogens is 342 g/mol. The van der Waals surface area contributed by atoms with Crippen molar-refractivity contribution in [2.24, 2.45) is 0 Å². The third-order valence-electron chi connectivity index (χ3n) is 3.01. The van der Waals surface area contributed by atoms with Gasteiger partial charge in [-0.25, -0.2) is 0 Å². The van der Waals surface area contributed by atoms with E-state index < -0.39 is 5.97 Å². The number of carbonyl (C=O) groups excluding carboxylic acids is 1. The Balaban J connectivity index is 1.78. The molecule has 0 spiro atoms. The molecule has 1 aliphatic rings. The zero-order valence-electron chi connectivity index (χ0n) is 10.9. The van der Waals surface area contributed by atoms with Crippen LogP contribution in [-0.4, -0.2) is 40.2 Å². The molecule has 1 saturated carbocycles. The Hall–Kier alpha value is -1.01. The van der Waals surface area contributed by atoms with Crippen LogP contribution in [0, 0.1) is 0 Å². The smallest absolute Gasteiger partial charge is 0.323 e. The first-order chi connectivity index (χ1) is 9.56. The van der Waals surface area contributed by atoms with Crippen molar-refractivity contribution in [2.45, 2.75) is 30.2 Å². The SMILES string of the molecule is O=C(O)CN(C(=O)CCSc1ccc(Br)cc1)C1CC1. The van der Waals surface area contributed by atoms with Gasteiger partial charge in [0.25, 0.3) is 0 Å². The number of benzene rings is 1. The minimum absolute atomic E-state index is 0.0560. The topological polar surface area (TPSA) is 57.6 Å². The van der Waals surface area contributed by atoms with Crippen molar-refractivity contribution in [1.29, 1.82) is 0 Å². The van der Waals surface area contributed by atoms with E-state index in [2.05, 4.69) is 15.9 Å².